The van der Waals surface area contributed by atoms with Gasteiger partial charge in [0.15, 0.2) is 0 Å². The Bertz CT molecular complexity index is 583. The highest BCUT2D eigenvalue weighted by Gasteiger charge is 2.13. The maximum absolute atomic E-state index is 13.3. The molecule has 3 heteroatoms. The van der Waals surface area contributed by atoms with Crippen LogP contribution in [0.4, 0.5) is 4.39 Å². The molecule has 2 heterocycles. The fourth-order valence-electron chi connectivity index (χ4n) is 2.37. The number of aromatic amines is 1. The van der Waals surface area contributed by atoms with Crippen molar-refractivity contribution in [3.63, 3.8) is 0 Å². The molecule has 1 aliphatic rings. The second-order valence-electron chi connectivity index (χ2n) is 4.63. The van der Waals surface area contributed by atoms with E-state index >= 15 is 0 Å². The molecule has 0 fully saturated rings. The summed E-state index contributed by atoms with van der Waals surface area (Å²) in [6.07, 6.45) is 5.25. The maximum atomic E-state index is 13.3. The van der Waals surface area contributed by atoms with Crippen molar-refractivity contribution >= 4 is 16.5 Å². The average molecular weight is 260 g/mol. The number of rotatable bonds is 1. The maximum Gasteiger partial charge on any atom is 0.123 e. The number of fused-ring (bicyclic) bond motifs is 1. The lowest BCUT2D eigenvalue weighted by Crippen LogP contribution is -2.23. The fraction of sp³-hybridized carbons (Fsp3) is 0.375. The first-order valence-corrected chi connectivity index (χ1v) is 6.88. The lowest BCUT2D eigenvalue weighted by Gasteiger charge is -2.21. The highest BCUT2D eigenvalue weighted by atomic mass is 19.1. The van der Waals surface area contributed by atoms with Crippen molar-refractivity contribution in [2.75, 3.05) is 20.1 Å². The summed E-state index contributed by atoms with van der Waals surface area (Å²) in [6, 6.07) is 4.90. The smallest absolute Gasteiger partial charge is 0.123 e. The van der Waals surface area contributed by atoms with E-state index in [2.05, 4.69) is 23.0 Å². The molecular weight excluding hydrogens is 239 g/mol. The Kier molecular flexibility index (Phi) is 4.38. The van der Waals surface area contributed by atoms with E-state index in [1.165, 1.54) is 11.6 Å². The second-order valence-corrected chi connectivity index (χ2v) is 4.63. The highest BCUT2D eigenvalue weighted by molar-refractivity contribution is 5.92. The van der Waals surface area contributed by atoms with Crippen LogP contribution in [0.2, 0.25) is 0 Å². The van der Waals surface area contributed by atoms with Gasteiger partial charge in [-0.1, -0.05) is 19.9 Å². The van der Waals surface area contributed by atoms with Gasteiger partial charge in [0, 0.05) is 35.8 Å². The summed E-state index contributed by atoms with van der Waals surface area (Å²) >= 11 is 0. The Balaban J connectivity index is 0.000000637. The molecule has 0 saturated heterocycles. The molecule has 0 unspecified atom stereocenters. The molecule has 19 heavy (non-hydrogen) atoms. The molecule has 0 bridgehead atoms. The third kappa shape index (κ3) is 2.87. The van der Waals surface area contributed by atoms with Crippen molar-refractivity contribution in [1.82, 2.24) is 9.88 Å². The van der Waals surface area contributed by atoms with Gasteiger partial charge in [-0.25, -0.2) is 4.39 Å². The SMILES string of the molecule is CC.CN1CC=C(c2c[nH]c3ccc(F)cc23)CC1. The molecule has 3 rings (SSSR count). The number of benzene rings is 1. The Labute approximate surface area is 113 Å². The van der Waals surface area contributed by atoms with Gasteiger partial charge < -0.3 is 9.88 Å². The van der Waals surface area contributed by atoms with Gasteiger partial charge >= 0.3 is 0 Å². The van der Waals surface area contributed by atoms with Gasteiger partial charge in [0.25, 0.3) is 0 Å². The van der Waals surface area contributed by atoms with E-state index in [9.17, 15) is 4.39 Å². The highest BCUT2D eigenvalue weighted by Crippen LogP contribution is 2.29. The van der Waals surface area contributed by atoms with E-state index in [0.29, 0.717) is 0 Å². The van der Waals surface area contributed by atoms with Crippen LogP contribution in [-0.2, 0) is 0 Å². The zero-order valence-corrected chi connectivity index (χ0v) is 11.8. The summed E-state index contributed by atoms with van der Waals surface area (Å²) in [5.41, 5.74) is 3.47. The van der Waals surface area contributed by atoms with Crippen LogP contribution in [0.25, 0.3) is 16.5 Å². The molecule has 2 aromatic rings. The van der Waals surface area contributed by atoms with Gasteiger partial charge in [-0.2, -0.15) is 0 Å². The minimum atomic E-state index is -0.174. The summed E-state index contributed by atoms with van der Waals surface area (Å²) in [5.74, 6) is -0.174. The number of H-pyrrole nitrogens is 1. The van der Waals surface area contributed by atoms with Crippen LogP contribution in [0.5, 0.6) is 0 Å². The number of hydrogen-bond donors (Lipinski definition) is 1. The van der Waals surface area contributed by atoms with Crippen LogP contribution in [0.3, 0.4) is 0 Å². The van der Waals surface area contributed by atoms with E-state index in [-0.39, 0.29) is 5.82 Å². The molecule has 0 atom stereocenters. The lowest BCUT2D eigenvalue weighted by molar-refractivity contribution is 0.370. The predicted molar refractivity (Wildman–Crippen MR) is 79.7 cm³/mol. The van der Waals surface area contributed by atoms with Gasteiger partial charge in [0.2, 0.25) is 0 Å². The number of aromatic nitrogens is 1. The van der Waals surface area contributed by atoms with Crippen molar-refractivity contribution in [2.45, 2.75) is 20.3 Å². The third-order valence-corrected chi connectivity index (χ3v) is 3.40. The quantitative estimate of drug-likeness (QED) is 0.819. The van der Waals surface area contributed by atoms with Crippen LogP contribution in [0.15, 0.2) is 30.5 Å². The monoisotopic (exact) mass is 260 g/mol. The first kappa shape index (κ1) is 13.8. The second kappa shape index (κ2) is 6.02. The minimum absolute atomic E-state index is 0.174. The topological polar surface area (TPSA) is 19.0 Å². The summed E-state index contributed by atoms with van der Waals surface area (Å²) in [6.45, 7) is 6.03. The molecule has 1 N–H and O–H groups in total. The molecule has 0 aliphatic carbocycles. The zero-order valence-electron chi connectivity index (χ0n) is 11.8. The van der Waals surface area contributed by atoms with E-state index in [4.69, 9.17) is 0 Å². The predicted octanol–water partition coefficient (Wildman–Crippen LogP) is 4.05. The van der Waals surface area contributed by atoms with Crippen molar-refractivity contribution in [2.24, 2.45) is 0 Å². The summed E-state index contributed by atoms with van der Waals surface area (Å²) in [7, 11) is 2.11. The van der Waals surface area contributed by atoms with Crippen LogP contribution in [0.1, 0.15) is 25.8 Å². The Morgan fingerprint density at radius 1 is 1.26 bits per heavy atom. The first-order valence-electron chi connectivity index (χ1n) is 6.88. The van der Waals surface area contributed by atoms with Gasteiger partial charge in [0.05, 0.1) is 0 Å². The van der Waals surface area contributed by atoms with E-state index in [1.807, 2.05) is 20.0 Å². The zero-order chi connectivity index (χ0) is 13.8. The van der Waals surface area contributed by atoms with Crippen LogP contribution in [-0.4, -0.2) is 30.0 Å². The number of halogens is 1. The molecule has 0 amide bonds. The molecule has 0 radical (unpaired) electrons. The van der Waals surface area contributed by atoms with Crippen molar-refractivity contribution in [1.29, 1.82) is 0 Å². The van der Waals surface area contributed by atoms with Crippen molar-refractivity contribution < 1.29 is 4.39 Å². The molecule has 0 saturated carbocycles. The standard InChI is InChI=1S/C14H15FN2.C2H6/c1-17-6-4-10(5-7-17)13-9-16-14-3-2-11(15)8-12(13)14;1-2/h2-4,8-9,16H,5-7H2,1H3;1-2H3. The summed E-state index contributed by atoms with van der Waals surface area (Å²) < 4.78 is 13.3. The number of likely N-dealkylation sites (N-methyl/N-ethyl adjacent to an activating group) is 1. The molecule has 1 aromatic carbocycles. The van der Waals surface area contributed by atoms with Crippen molar-refractivity contribution in [3.8, 4) is 0 Å². The average Bonchev–Trinajstić information content (AvgIpc) is 2.85. The largest absolute Gasteiger partial charge is 0.361 e. The molecule has 1 aliphatic heterocycles. The summed E-state index contributed by atoms with van der Waals surface area (Å²) in [4.78, 5) is 5.48. The Morgan fingerprint density at radius 3 is 2.74 bits per heavy atom. The van der Waals surface area contributed by atoms with E-state index < -0.39 is 0 Å². The first-order chi connectivity index (χ1) is 9.24. The molecular formula is C16H21FN2. The molecule has 1 aromatic heterocycles. The van der Waals surface area contributed by atoms with Gasteiger partial charge in [-0.05, 0) is 37.2 Å². The summed E-state index contributed by atoms with van der Waals surface area (Å²) in [5, 5.41) is 0.987. The van der Waals surface area contributed by atoms with Crippen LogP contribution in [0, 0.1) is 5.82 Å². The molecule has 2 nitrogen and oxygen atoms in total. The normalized spacial score (nSPS) is 15.9. The molecule has 102 valence electrons. The van der Waals surface area contributed by atoms with Gasteiger partial charge in [0.1, 0.15) is 5.82 Å². The number of nitrogens with one attached hydrogen (secondary N) is 1. The van der Waals surface area contributed by atoms with Crippen molar-refractivity contribution in [3.05, 3.63) is 41.9 Å². The Morgan fingerprint density at radius 2 is 2.05 bits per heavy atom. The van der Waals surface area contributed by atoms with Crippen LogP contribution >= 0.6 is 0 Å². The lowest BCUT2D eigenvalue weighted by atomic mass is 9.99. The van der Waals surface area contributed by atoms with Crippen LogP contribution < -0.4 is 0 Å². The van der Waals surface area contributed by atoms with Gasteiger partial charge in [-0.15, -0.1) is 0 Å². The fourth-order valence-corrected chi connectivity index (χ4v) is 2.37. The van der Waals surface area contributed by atoms with Gasteiger partial charge in [-0.3, -0.25) is 0 Å². The number of nitrogens with zero attached hydrogens (tertiary/aromatic N) is 1. The minimum Gasteiger partial charge on any atom is -0.361 e. The number of hydrogen-bond acceptors (Lipinski definition) is 1. The van der Waals surface area contributed by atoms with E-state index in [0.717, 1.165) is 36.0 Å². The molecule has 0 spiro atoms. The van der Waals surface area contributed by atoms with E-state index in [1.54, 1.807) is 12.1 Å². The Hall–Kier alpha value is -1.61. The third-order valence-electron chi connectivity index (χ3n) is 3.40.